The lowest BCUT2D eigenvalue weighted by Gasteiger charge is -2.44. The second kappa shape index (κ2) is 13.1. The predicted octanol–water partition coefficient (Wildman–Crippen LogP) is 8.23. The topological polar surface area (TPSA) is 51.2 Å². The quantitative estimate of drug-likeness (QED) is 0.206. The van der Waals surface area contributed by atoms with E-state index < -0.39 is 42.2 Å². The molecule has 2 atom stereocenters. The molecule has 0 aliphatic carbocycles. The molecule has 0 fully saturated rings. The Morgan fingerprint density at radius 3 is 2.00 bits per heavy atom. The summed E-state index contributed by atoms with van der Waals surface area (Å²) in [6, 6.07) is 3.97. The third kappa shape index (κ3) is 7.51. The Labute approximate surface area is 236 Å². The van der Waals surface area contributed by atoms with Gasteiger partial charge in [-0.15, -0.1) is 0 Å². The van der Waals surface area contributed by atoms with Crippen molar-refractivity contribution in [1.29, 1.82) is 0 Å². The molecule has 1 aliphatic rings. The highest BCUT2D eigenvalue weighted by Gasteiger charge is 2.40. The number of ether oxygens (including phenoxy) is 3. The van der Waals surface area contributed by atoms with Crippen LogP contribution in [0.2, 0.25) is 0 Å². The van der Waals surface area contributed by atoms with Gasteiger partial charge < -0.3 is 19.1 Å². The summed E-state index contributed by atoms with van der Waals surface area (Å²) in [5.74, 6) is 0.829. The summed E-state index contributed by atoms with van der Waals surface area (Å²) in [5, 5.41) is 0. The molecule has 1 heterocycles. The highest BCUT2D eigenvalue weighted by atomic mass is 19.4. The average Bonchev–Trinajstić information content (AvgIpc) is 2.92. The van der Waals surface area contributed by atoms with Gasteiger partial charge in [-0.25, -0.2) is 4.79 Å². The van der Waals surface area contributed by atoms with Gasteiger partial charge in [-0.05, 0) is 49.6 Å². The summed E-state index contributed by atoms with van der Waals surface area (Å²) in [7, 11) is 4.06. The number of nitrogens with zero attached hydrogens (tertiary/aromatic N) is 2. The Morgan fingerprint density at radius 1 is 0.902 bits per heavy atom. The molecular formula is C29H36F6N2O4. The molecule has 0 spiro atoms. The Kier molecular flexibility index (Phi) is 10.3. The van der Waals surface area contributed by atoms with Crippen LogP contribution in [0.15, 0.2) is 30.3 Å². The van der Waals surface area contributed by atoms with Gasteiger partial charge in [0.15, 0.2) is 11.5 Å². The maximum atomic E-state index is 13.5. The summed E-state index contributed by atoms with van der Waals surface area (Å²) in [6.07, 6.45) is -6.46. The van der Waals surface area contributed by atoms with E-state index in [9.17, 15) is 31.1 Å². The van der Waals surface area contributed by atoms with E-state index >= 15 is 0 Å². The number of amides is 1. The maximum absolute atomic E-state index is 13.5. The Hall–Kier alpha value is -3.31. The van der Waals surface area contributed by atoms with Crippen molar-refractivity contribution < 1.29 is 45.3 Å². The van der Waals surface area contributed by atoms with Gasteiger partial charge in [0, 0.05) is 36.4 Å². The molecule has 0 radical (unpaired) electrons. The average molecular weight is 591 g/mol. The van der Waals surface area contributed by atoms with E-state index in [0.717, 1.165) is 45.0 Å². The predicted molar refractivity (Wildman–Crippen MR) is 142 cm³/mol. The molecule has 3 rings (SSSR count). The van der Waals surface area contributed by atoms with Crippen molar-refractivity contribution in [3.05, 3.63) is 52.6 Å². The smallest absolute Gasteiger partial charge is 0.416 e. The molecule has 6 nitrogen and oxygen atoms in total. The summed E-state index contributed by atoms with van der Waals surface area (Å²) in [4.78, 5) is 16.4. The lowest BCUT2D eigenvalue weighted by Crippen LogP contribution is -2.45. The van der Waals surface area contributed by atoms with Crippen LogP contribution in [0.25, 0.3) is 0 Å². The zero-order valence-corrected chi connectivity index (χ0v) is 23.8. The van der Waals surface area contributed by atoms with Gasteiger partial charge >= 0.3 is 18.4 Å². The third-order valence-electron chi connectivity index (χ3n) is 7.34. The summed E-state index contributed by atoms with van der Waals surface area (Å²) >= 11 is 0. The Morgan fingerprint density at radius 2 is 1.49 bits per heavy atom. The number of unbranched alkanes of at least 4 members (excludes halogenated alkanes) is 3. The van der Waals surface area contributed by atoms with Crippen molar-refractivity contribution in [2.75, 3.05) is 32.8 Å². The van der Waals surface area contributed by atoms with E-state index in [4.69, 9.17) is 14.2 Å². The fourth-order valence-electron chi connectivity index (χ4n) is 5.29. The van der Waals surface area contributed by atoms with Crippen LogP contribution in [-0.4, -0.2) is 44.9 Å². The number of fused-ring (bicyclic) bond motifs is 1. The van der Waals surface area contributed by atoms with Crippen molar-refractivity contribution in [3.63, 3.8) is 0 Å². The van der Waals surface area contributed by atoms with Gasteiger partial charge in [0.05, 0.1) is 38.5 Å². The van der Waals surface area contributed by atoms with Crippen LogP contribution >= 0.6 is 0 Å². The molecule has 0 N–H and O–H groups in total. The monoisotopic (exact) mass is 590 g/mol. The molecule has 0 unspecified atom stereocenters. The number of halogens is 6. The first-order valence-electron chi connectivity index (χ1n) is 13.4. The van der Waals surface area contributed by atoms with Crippen LogP contribution < -0.4 is 14.4 Å². The first-order chi connectivity index (χ1) is 19.2. The number of methoxy groups -OCH3 is 3. The number of hydrogen-bond acceptors (Lipinski definition) is 5. The lowest BCUT2D eigenvalue weighted by atomic mass is 9.89. The second-order valence-electron chi connectivity index (χ2n) is 10.1. The zero-order valence-electron chi connectivity index (χ0n) is 23.8. The number of anilines is 1. The summed E-state index contributed by atoms with van der Waals surface area (Å²) in [6.45, 7) is 4.26. The molecular weight excluding hydrogens is 554 g/mol. The molecule has 0 saturated carbocycles. The molecule has 2 aromatic rings. The van der Waals surface area contributed by atoms with Gasteiger partial charge in [0.2, 0.25) is 0 Å². The van der Waals surface area contributed by atoms with Crippen molar-refractivity contribution in [3.8, 4) is 11.5 Å². The zero-order chi connectivity index (χ0) is 30.5. The van der Waals surface area contributed by atoms with Crippen molar-refractivity contribution in [1.82, 2.24) is 4.90 Å². The van der Waals surface area contributed by atoms with Crippen LogP contribution in [0.1, 0.15) is 74.2 Å². The first kappa shape index (κ1) is 32.2. The van der Waals surface area contributed by atoms with Gasteiger partial charge in [0.25, 0.3) is 0 Å². The number of benzene rings is 2. The minimum atomic E-state index is -5.01. The lowest BCUT2D eigenvalue weighted by molar-refractivity contribution is -0.143. The molecule has 228 valence electrons. The Bertz CT molecular complexity index is 1170. The second-order valence-corrected chi connectivity index (χ2v) is 10.1. The van der Waals surface area contributed by atoms with Crippen molar-refractivity contribution in [2.45, 2.75) is 76.9 Å². The van der Waals surface area contributed by atoms with E-state index in [1.165, 1.54) is 19.1 Å². The molecule has 12 heteroatoms. The molecule has 0 aromatic heterocycles. The van der Waals surface area contributed by atoms with Crippen LogP contribution in [-0.2, 0) is 23.6 Å². The number of rotatable bonds is 10. The Balaban J connectivity index is 2.13. The third-order valence-corrected chi connectivity index (χ3v) is 7.34. The molecule has 2 aromatic carbocycles. The minimum absolute atomic E-state index is 0.0670. The summed E-state index contributed by atoms with van der Waals surface area (Å²) in [5.41, 5.74) is -1.85. The molecule has 1 aliphatic heterocycles. The van der Waals surface area contributed by atoms with Crippen molar-refractivity contribution in [2.24, 2.45) is 0 Å². The van der Waals surface area contributed by atoms with E-state index in [1.807, 2.05) is 6.92 Å². The maximum Gasteiger partial charge on any atom is 0.416 e. The molecule has 0 saturated heterocycles. The summed E-state index contributed by atoms with van der Waals surface area (Å²) < 4.78 is 97.2. The van der Waals surface area contributed by atoms with Crippen LogP contribution in [0, 0.1) is 0 Å². The number of carbonyl (C=O) groups excluding carboxylic acids is 1. The first-order valence-corrected chi connectivity index (χ1v) is 13.4. The number of hydrogen-bond donors (Lipinski definition) is 0. The van der Waals surface area contributed by atoms with E-state index in [1.54, 1.807) is 12.1 Å². The molecule has 41 heavy (non-hydrogen) atoms. The van der Waals surface area contributed by atoms with Gasteiger partial charge in [-0.2, -0.15) is 26.3 Å². The van der Waals surface area contributed by atoms with Crippen LogP contribution in [0.3, 0.4) is 0 Å². The van der Waals surface area contributed by atoms with Crippen LogP contribution in [0.4, 0.5) is 36.8 Å². The van der Waals surface area contributed by atoms with Gasteiger partial charge in [-0.1, -0.05) is 26.2 Å². The number of alkyl halides is 6. The van der Waals surface area contributed by atoms with Crippen LogP contribution in [0.5, 0.6) is 11.5 Å². The number of carbonyl (C=O) groups is 1. The van der Waals surface area contributed by atoms with E-state index in [0.29, 0.717) is 35.6 Å². The largest absolute Gasteiger partial charge is 0.493 e. The van der Waals surface area contributed by atoms with E-state index in [-0.39, 0.29) is 17.7 Å². The van der Waals surface area contributed by atoms with Crippen molar-refractivity contribution >= 4 is 11.8 Å². The minimum Gasteiger partial charge on any atom is -0.493 e. The highest BCUT2D eigenvalue weighted by molar-refractivity contribution is 5.71. The molecule has 1 amide bonds. The van der Waals surface area contributed by atoms with E-state index in [2.05, 4.69) is 11.8 Å². The normalized spacial score (nSPS) is 17.2. The fourth-order valence-corrected chi connectivity index (χ4v) is 5.29. The standard InChI is InChI=1S/C29H36F6N2O4/c1-6-7-8-9-10-36-18(2)11-23(22-15-25(39-3)26(40-4)16-24(22)36)37(27(38)41-5)17-19-12-20(28(30,31)32)14-21(13-19)29(33,34)35/h12-16,18,23H,6-11,17H2,1-5H3/t18-,23+/m0/s1. The molecule has 0 bridgehead atoms. The van der Waals surface area contributed by atoms with Gasteiger partial charge in [0.1, 0.15) is 0 Å². The fraction of sp³-hybridized carbons (Fsp3) is 0.552. The SMILES string of the molecule is CCCCCCN1c2cc(OC)c(OC)cc2[C@H](N(Cc2cc(C(F)(F)F)cc(C(F)(F)F)c2)C(=O)OC)C[C@@H]1C. The van der Waals surface area contributed by atoms with Gasteiger partial charge in [-0.3, -0.25) is 4.90 Å². The highest BCUT2D eigenvalue weighted by Crippen LogP contribution is 2.47.